The zero-order valence-corrected chi connectivity index (χ0v) is 10.6. The van der Waals surface area contributed by atoms with Crippen LogP contribution in [0, 0.1) is 0 Å². The lowest BCUT2D eigenvalue weighted by atomic mass is 10.2. The molecule has 0 radical (unpaired) electrons. The van der Waals surface area contributed by atoms with Crippen molar-refractivity contribution in [2.45, 2.75) is 0 Å². The second kappa shape index (κ2) is 8.06. The van der Waals surface area contributed by atoms with Gasteiger partial charge in [-0.3, -0.25) is 4.79 Å². The lowest BCUT2D eigenvalue weighted by Crippen LogP contribution is -2.20. The quantitative estimate of drug-likeness (QED) is 0.218. The second-order valence-electron chi connectivity index (χ2n) is 3.66. The number of carbonyl (C=O) groups excluding carboxylic acids is 1. The Morgan fingerprint density at radius 2 is 2.26 bits per heavy atom. The number of nitrogens with two attached hydrogens (primary N) is 1. The molecule has 0 unspecified atom stereocenters. The van der Waals surface area contributed by atoms with Gasteiger partial charge in [0, 0.05) is 18.4 Å². The van der Waals surface area contributed by atoms with Crippen molar-refractivity contribution in [3.63, 3.8) is 0 Å². The summed E-state index contributed by atoms with van der Waals surface area (Å²) < 4.78 is 9.87. The molecule has 0 atom stereocenters. The fourth-order valence-electron chi connectivity index (χ4n) is 1.32. The normalized spacial score (nSPS) is 11.3. The van der Waals surface area contributed by atoms with Crippen molar-refractivity contribution in [2.24, 2.45) is 10.9 Å². The Balaban J connectivity index is 2.50. The van der Waals surface area contributed by atoms with E-state index in [2.05, 4.69) is 10.5 Å². The Labute approximate surface area is 111 Å². The minimum absolute atomic E-state index is 0.0209. The molecule has 0 saturated carbocycles. The monoisotopic (exact) mass is 267 g/mol. The van der Waals surface area contributed by atoms with E-state index in [0.29, 0.717) is 24.5 Å². The van der Waals surface area contributed by atoms with Gasteiger partial charge in [-0.25, -0.2) is 0 Å². The number of rotatable bonds is 7. The average molecular weight is 267 g/mol. The SMILES string of the molecule is COCCOCC(=O)Nc1cccc(/C(N)=N/O)c1. The van der Waals surface area contributed by atoms with Crippen LogP contribution in [-0.4, -0.2) is 43.9 Å². The van der Waals surface area contributed by atoms with E-state index in [1.165, 1.54) is 0 Å². The fourth-order valence-corrected chi connectivity index (χ4v) is 1.32. The highest BCUT2D eigenvalue weighted by Gasteiger charge is 2.04. The molecule has 19 heavy (non-hydrogen) atoms. The smallest absolute Gasteiger partial charge is 0.250 e. The van der Waals surface area contributed by atoms with Crippen LogP contribution >= 0.6 is 0 Å². The lowest BCUT2D eigenvalue weighted by Gasteiger charge is -2.07. The molecule has 0 aliphatic heterocycles. The summed E-state index contributed by atoms with van der Waals surface area (Å²) in [5.41, 5.74) is 6.52. The molecule has 1 amide bonds. The number of oxime groups is 1. The number of nitrogens with zero attached hydrogens (tertiary/aromatic N) is 1. The first kappa shape index (κ1) is 14.9. The van der Waals surface area contributed by atoms with E-state index in [1.54, 1.807) is 31.4 Å². The number of hydrogen-bond donors (Lipinski definition) is 3. The molecular weight excluding hydrogens is 250 g/mol. The van der Waals surface area contributed by atoms with Crippen LogP contribution in [0.5, 0.6) is 0 Å². The van der Waals surface area contributed by atoms with Gasteiger partial charge in [-0.15, -0.1) is 0 Å². The number of anilines is 1. The van der Waals surface area contributed by atoms with Gasteiger partial charge in [0.05, 0.1) is 13.2 Å². The van der Waals surface area contributed by atoms with Crippen molar-refractivity contribution in [1.82, 2.24) is 0 Å². The van der Waals surface area contributed by atoms with E-state index in [-0.39, 0.29) is 18.3 Å². The maximum Gasteiger partial charge on any atom is 0.250 e. The van der Waals surface area contributed by atoms with Gasteiger partial charge in [-0.1, -0.05) is 17.3 Å². The number of methoxy groups -OCH3 is 1. The topological polar surface area (TPSA) is 106 Å². The fraction of sp³-hybridized carbons (Fsp3) is 0.333. The lowest BCUT2D eigenvalue weighted by molar-refractivity contribution is -0.121. The summed E-state index contributed by atoms with van der Waals surface area (Å²) >= 11 is 0. The minimum atomic E-state index is -0.284. The maximum atomic E-state index is 11.5. The first-order chi connectivity index (χ1) is 9.17. The molecule has 0 bridgehead atoms. The van der Waals surface area contributed by atoms with Crippen LogP contribution in [0.1, 0.15) is 5.56 Å². The second-order valence-corrected chi connectivity index (χ2v) is 3.66. The van der Waals surface area contributed by atoms with Crippen LogP contribution in [0.2, 0.25) is 0 Å². The Hall–Kier alpha value is -2.12. The number of amides is 1. The molecule has 1 aromatic carbocycles. The molecule has 7 heteroatoms. The van der Waals surface area contributed by atoms with E-state index < -0.39 is 0 Å². The molecule has 0 saturated heterocycles. The van der Waals surface area contributed by atoms with Crippen molar-refractivity contribution < 1.29 is 19.5 Å². The zero-order chi connectivity index (χ0) is 14.1. The summed E-state index contributed by atoms with van der Waals surface area (Å²) in [5.74, 6) is -0.305. The Bertz CT molecular complexity index is 448. The standard InChI is InChI=1S/C12H17N3O4/c1-18-5-6-19-8-11(16)14-10-4-2-3-9(7-10)12(13)15-17/h2-4,7,17H,5-6,8H2,1H3,(H2,13,15)(H,14,16). The van der Waals surface area contributed by atoms with E-state index in [4.69, 9.17) is 20.4 Å². The van der Waals surface area contributed by atoms with Crippen molar-refractivity contribution in [2.75, 3.05) is 32.2 Å². The van der Waals surface area contributed by atoms with Crippen molar-refractivity contribution in [3.05, 3.63) is 29.8 Å². The van der Waals surface area contributed by atoms with Gasteiger partial charge in [0.2, 0.25) is 5.91 Å². The molecule has 0 aromatic heterocycles. The molecule has 0 aliphatic carbocycles. The predicted molar refractivity (Wildman–Crippen MR) is 70.3 cm³/mol. The van der Waals surface area contributed by atoms with Crippen molar-refractivity contribution in [3.8, 4) is 0 Å². The van der Waals surface area contributed by atoms with Crippen LogP contribution in [0.4, 0.5) is 5.69 Å². The van der Waals surface area contributed by atoms with Gasteiger partial charge in [0.1, 0.15) is 6.61 Å². The summed E-state index contributed by atoms with van der Waals surface area (Å²) in [6, 6.07) is 6.65. The Kier molecular flexibility index (Phi) is 6.34. The van der Waals surface area contributed by atoms with Gasteiger partial charge >= 0.3 is 0 Å². The third kappa shape index (κ3) is 5.36. The third-order valence-electron chi connectivity index (χ3n) is 2.21. The van der Waals surface area contributed by atoms with Gasteiger partial charge in [-0.2, -0.15) is 0 Å². The van der Waals surface area contributed by atoms with Crippen LogP contribution < -0.4 is 11.1 Å². The Morgan fingerprint density at radius 1 is 1.47 bits per heavy atom. The molecular formula is C12H17N3O4. The van der Waals surface area contributed by atoms with E-state index in [0.717, 1.165) is 0 Å². The summed E-state index contributed by atoms with van der Waals surface area (Å²) in [7, 11) is 1.56. The molecule has 0 aliphatic rings. The molecule has 7 nitrogen and oxygen atoms in total. The van der Waals surface area contributed by atoms with E-state index >= 15 is 0 Å². The number of nitrogens with one attached hydrogen (secondary N) is 1. The number of hydrogen-bond acceptors (Lipinski definition) is 5. The molecule has 4 N–H and O–H groups in total. The molecule has 104 valence electrons. The highest BCUT2D eigenvalue weighted by Crippen LogP contribution is 2.10. The largest absolute Gasteiger partial charge is 0.409 e. The first-order valence-electron chi connectivity index (χ1n) is 5.62. The number of carbonyl (C=O) groups is 1. The van der Waals surface area contributed by atoms with E-state index in [9.17, 15) is 4.79 Å². The predicted octanol–water partition coefficient (Wildman–Crippen LogP) is 0.383. The highest BCUT2D eigenvalue weighted by atomic mass is 16.5. The highest BCUT2D eigenvalue weighted by molar-refractivity contribution is 5.99. The number of ether oxygens (including phenoxy) is 2. The Morgan fingerprint density at radius 3 is 2.95 bits per heavy atom. The van der Waals surface area contributed by atoms with Crippen LogP contribution in [0.25, 0.3) is 0 Å². The van der Waals surface area contributed by atoms with Crippen molar-refractivity contribution >= 4 is 17.4 Å². The van der Waals surface area contributed by atoms with Crippen LogP contribution in [-0.2, 0) is 14.3 Å². The molecule has 1 rings (SSSR count). The zero-order valence-electron chi connectivity index (χ0n) is 10.6. The summed E-state index contributed by atoms with van der Waals surface area (Å²) in [4.78, 5) is 11.5. The summed E-state index contributed by atoms with van der Waals surface area (Å²) in [6.45, 7) is 0.734. The first-order valence-corrected chi connectivity index (χ1v) is 5.62. The molecule has 1 aromatic rings. The average Bonchev–Trinajstić information content (AvgIpc) is 2.43. The van der Waals surface area contributed by atoms with Crippen molar-refractivity contribution in [1.29, 1.82) is 0 Å². The van der Waals surface area contributed by atoms with Gasteiger partial charge in [0.15, 0.2) is 5.84 Å². The minimum Gasteiger partial charge on any atom is -0.409 e. The molecule has 0 spiro atoms. The number of amidine groups is 1. The van der Waals surface area contributed by atoms with E-state index in [1.807, 2.05) is 0 Å². The molecule has 0 heterocycles. The third-order valence-corrected chi connectivity index (χ3v) is 2.21. The number of benzene rings is 1. The van der Waals surface area contributed by atoms with Gasteiger partial charge in [0.25, 0.3) is 0 Å². The van der Waals surface area contributed by atoms with Gasteiger partial charge in [-0.05, 0) is 12.1 Å². The van der Waals surface area contributed by atoms with Crippen LogP contribution in [0.15, 0.2) is 29.4 Å². The van der Waals surface area contributed by atoms with Crippen LogP contribution in [0.3, 0.4) is 0 Å². The summed E-state index contributed by atoms with van der Waals surface area (Å²) in [6.07, 6.45) is 0. The molecule has 0 fully saturated rings. The summed E-state index contributed by atoms with van der Waals surface area (Å²) in [5, 5.41) is 14.1. The van der Waals surface area contributed by atoms with Gasteiger partial charge < -0.3 is 25.7 Å². The maximum absolute atomic E-state index is 11.5.